The first-order chi connectivity index (χ1) is 14.6. The Morgan fingerprint density at radius 1 is 1.13 bits per heavy atom. The standard InChI is InChI=1S/C25H39NO5/c1-16-7-8-22-21(14-26-29-6)23(10-12-24(16,22)4)25(5)11-9-20(31-18(3)28)13-19(25)15-30-17(2)27/h14,19-23H,1,7-13,15H2,2-6H3/b26-14-/t19-,20+,21+,22+,23+,24-,25+/m1/s1. The average Bonchev–Trinajstić information content (AvgIpc) is 3.01. The lowest BCUT2D eigenvalue weighted by atomic mass is 9.49. The highest BCUT2D eigenvalue weighted by Crippen LogP contribution is 2.63. The summed E-state index contributed by atoms with van der Waals surface area (Å²) in [7, 11) is 1.59. The van der Waals surface area contributed by atoms with E-state index >= 15 is 0 Å². The van der Waals surface area contributed by atoms with Gasteiger partial charge in [0.1, 0.15) is 13.2 Å². The Morgan fingerprint density at radius 2 is 1.87 bits per heavy atom. The van der Waals surface area contributed by atoms with Crippen LogP contribution in [0.25, 0.3) is 0 Å². The number of rotatable bonds is 6. The van der Waals surface area contributed by atoms with Crippen molar-refractivity contribution >= 4 is 18.2 Å². The molecule has 7 atom stereocenters. The van der Waals surface area contributed by atoms with Crippen molar-refractivity contribution in [3.8, 4) is 0 Å². The van der Waals surface area contributed by atoms with Crippen molar-refractivity contribution in [2.45, 2.75) is 78.7 Å². The minimum atomic E-state index is -0.266. The fraction of sp³-hybridized carbons (Fsp3) is 0.800. The van der Waals surface area contributed by atoms with Gasteiger partial charge in [0.15, 0.2) is 0 Å². The van der Waals surface area contributed by atoms with Crippen LogP contribution in [0.2, 0.25) is 0 Å². The highest BCUT2D eigenvalue weighted by atomic mass is 16.6. The zero-order valence-corrected chi connectivity index (χ0v) is 19.8. The Hall–Kier alpha value is -1.85. The predicted octanol–water partition coefficient (Wildman–Crippen LogP) is 4.92. The Bertz CT molecular complexity index is 733. The van der Waals surface area contributed by atoms with E-state index in [4.69, 9.17) is 14.3 Å². The van der Waals surface area contributed by atoms with Gasteiger partial charge >= 0.3 is 11.9 Å². The molecule has 3 saturated carbocycles. The number of hydrogen-bond acceptors (Lipinski definition) is 6. The van der Waals surface area contributed by atoms with Gasteiger partial charge in [-0.15, -0.1) is 0 Å². The monoisotopic (exact) mass is 433 g/mol. The van der Waals surface area contributed by atoms with Crippen LogP contribution in [-0.2, 0) is 23.9 Å². The van der Waals surface area contributed by atoms with Gasteiger partial charge in [0, 0.05) is 31.9 Å². The van der Waals surface area contributed by atoms with Crippen molar-refractivity contribution in [2.75, 3.05) is 13.7 Å². The minimum absolute atomic E-state index is 0.0399. The number of ether oxygens (including phenoxy) is 2. The molecule has 0 aliphatic heterocycles. The second-order valence-corrected chi connectivity index (χ2v) is 10.3. The fourth-order valence-electron chi connectivity index (χ4n) is 6.90. The number of carbonyl (C=O) groups is 2. The molecule has 0 spiro atoms. The largest absolute Gasteiger partial charge is 0.466 e. The minimum Gasteiger partial charge on any atom is -0.466 e. The molecule has 0 radical (unpaired) electrons. The molecule has 31 heavy (non-hydrogen) atoms. The number of esters is 2. The van der Waals surface area contributed by atoms with Crippen molar-refractivity contribution in [1.29, 1.82) is 0 Å². The molecular formula is C25H39NO5. The third-order valence-electron chi connectivity index (χ3n) is 8.78. The molecule has 3 aliphatic carbocycles. The van der Waals surface area contributed by atoms with Gasteiger partial charge in [-0.1, -0.05) is 31.2 Å². The summed E-state index contributed by atoms with van der Waals surface area (Å²) in [6.45, 7) is 12.4. The SMILES string of the molecule is C=C1CC[C@H]2[C@H](/C=N\OC)[C@@H]([C@@]3(C)CC[C@H](OC(C)=O)C[C@@H]3COC(C)=O)CC[C@]12C. The van der Waals surface area contributed by atoms with Gasteiger partial charge in [0.25, 0.3) is 0 Å². The molecule has 0 aromatic rings. The quantitative estimate of drug-likeness (QED) is 0.257. The second-order valence-electron chi connectivity index (χ2n) is 10.3. The number of hydrogen-bond donors (Lipinski definition) is 0. The van der Waals surface area contributed by atoms with Gasteiger partial charge in [-0.05, 0) is 67.6 Å². The molecular weight excluding hydrogens is 394 g/mol. The smallest absolute Gasteiger partial charge is 0.302 e. The van der Waals surface area contributed by atoms with Crippen molar-refractivity contribution in [3.05, 3.63) is 12.2 Å². The summed E-state index contributed by atoms with van der Waals surface area (Å²) < 4.78 is 11.1. The zero-order chi connectivity index (χ0) is 22.8. The van der Waals surface area contributed by atoms with Crippen molar-refractivity contribution in [1.82, 2.24) is 0 Å². The van der Waals surface area contributed by atoms with Crippen molar-refractivity contribution in [3.63, 3.8) is 0 Å². The summed E-state index contributed by atoms with van der Waals surface area (Å²) in [6.07, 6.45) is 8.83. The molecule has 0 N–H and O–H groups in total. The molecule has 0 bridgehead atoms. The lowest BCUT2D eigenvalue weighted by Crippen LogP contribution is -2.52. The first-order valence-corrected chi connectivity index (χ1v) is 11.7. The van der Waals surface area contributed by atoms with Crippen molar-refractivity contribution < 1.29 is 23.9 Å². The second kappa shape index (κ2) is 9.33. The summed E-state index contributed by atoms with van der Waals surface area (Å²) in [5, 5.41) is 4.23. The van der Waals surface area contributed by atoms with Crippen LogP contribution in [0.5, 0.6) is 0 Å². The van der Waals surface area contributed by atoms with E-state index in [1.165, 1.54) is 19.4 Å². The third kappa shape index (κ3) is 4.68. The molecule has 0 unspecified atom stereocenters. The highest BCUT2D eigenvalue weighted by molar-refractivity contribution is 5.66. The van der Waals surface area contributed by atoms with Crippen LogP contribution in [0, 0.1) is 34.5 Å². The maximum absolute atomic E-state index is 11.6. The lowest BCUT2D eigenvalue weighted by molar-refractivity contribution is -0.159. The van der Waals surface area contributed by atoms with E-state index < -0.39 is 0 Å². The molecule has 174 valence electrons. The third-order valence-corrected chi connectivity index (χ3v) is 8.78. The molecule has 0 saturated heterocycles. The Balaban J connectivity index is 1.91. The molecule has 0 heterocycles. The predicted molar refractivity (Wildman–Crippen MR) is 119 cm³/mol. The van der Waals surface area contributed by atoms with E-state index in [-0.39, 0.29) is 40.7 Å². The summed E-state index contributed by atoms with van der Waals surface area (Å²) in [5.74, 6) is 0.796. The topological polar surface area (TPSA) is 74.2 Å². The number of allylic oxidation sites excluding steroid dienone is 1. The summed E-state index contributed by atoms with van der Waals surface area (Å²) in [4.78, 5) is 28.3. The van der Waals surface area contributed by atoms with Crippen LogP contribution in [0.15, 0.2) is 17.3 Å². The van der Waals surface area contributed by atoms with Gasteiger partial charge in [-0.25, -0.2) is 0 Å². The van der Waals surface area contributed by atoms with E-state index in [2.05, 4.69) is 25.6 Å². The van der Waals surface area contributed by atoms with Crippen LogP contribution in [0.4, 0.5) is 0 Å². The molecule has 0 aromatic carbocycles. The number of oxime groups is 1. The van der Waals surface area contributed by atoms with E-state index in [1.54, 1.807) is 7.11 Å². The Kier molecular flexibility index (Phi) is 7.17. The van der Waals surface area contributed by atoms with Crippen LogP contribution in [0.1, 0.15) is 72.6 Å². The normalized spacial score (nSPS) is 40.4. The number of carbonyl (C=O) groups excluding carboxylic acids is 2. The molecule has 6 heteroatoms. The van der Waals surface area contributed by atoms with Crippen LogP contribution in [0.3, 0.4) is 0 Å². The van der Waals surface area contributed by atoms with Gasteiger partial charge in [-0.2, -0.15) is 0 Å². The van der Waals surface area contributed by atoms with Crippen LogP contribution < -0.4 is 0 Å². The maximum atomic E-state index is 11.6. The molecule has 6 nitrogen and oxygen atoms in total. The first-order valence-electron chi connectivity index (χ1n) is 11.7. The lowest BCUT2D eigenvalue weighted by Gasteiger charge is -2.55. The molecule has 3 rings (SSSR count). The summed E-state index contributed by atoms with van der Waals surface area (Å²) in [6, 6.07) is 0. The molecule has 3 aliphatic rings. The van der Waals surface area contributed by atoms with Gasteiger partial charge < -0.3 is 14.3 Å². The van der Waals surface area contributed by atoms with Gasteiger partial charge in [-0.3, -0.25) is 9.59 Å². The van der Waals surface area contributed by atoms with E-state index in [0.29, 0.717) is 18.4 Å². The average molecular weight is 434 g/mol. The molecule has 3 fully saturated rings. The number of nitrogens with zero attached hydrogens (tertiary/aromatic N) is 1. The van der Waals surface area contributed by atoms with E-state index in [1.807, 2.05) is 6.21 Å². The van der Waals surface area contributed by atoms with E-state index in [9.17, 15) is 9.59 Å². The van der Waals surface area contributed by atoms with Crippen LogP contribution in [-0.4, -0.2) is 38.0 Å². The zero-order valence-electron chi connectivity index (χ0n) is 19.8. The molecule has 0 aromatic heterocycles. The Labute approximate surface area is 186 Å². The first kappa shape index (κ1) is 23.8. The summed E-state index contributed by atoms with van der Waals surface area (Å²) in [5.41, 5.74) is 1.48. The van der Waals surface area contributed by atoms with E-state index in [0.717, 1.165) is 44.9 Å². The maximum Gasteiger partial charge on any atom is 0.302 e. The fourth-order valence-corrected chi connectivity index (χ4v) is 6.90. The summed E-state index contributed by atoms with van der Waals surface area (Å²) >= 11 is 0. The van der Waals surface area contributed by atoms with Crippen molar-refractivity contribution in [2.24, 2.45) is 39.7 Å². The van der Waals surface area contributed by atoms with Gasteiger partial charge in [0.05, 0.1) is 6.61 Å². The number of fused-ring (bicyclic) bond motifs is 1. The van der Waals surface area contributed by atoms with Gasteiger partial charge in [0.2, 0.25) is 0 Å². The molecule has 0 amide bonds. The highest BCUT2D eigenvalue weighted by Gasteiger charge is 2.57. The Morgan fingerprint density at radius 3 is 2.52 bits per heavy atom. The van der Waals surface area contributed by atoms with Crippen LogP contribution >= 0.6 is 0 Å².